The van der Waals surface area contributed by atoms with Gasteiger partial charge in [0.15, 0.2) is 0 Å². The number of unbranched alkanes of at least 4 members (excludes halogenated alkanes) is 3. The van der Waals surface area contributed by atoms with Gasteiger partial charge in [0, 0.05) is 17.1 Å². The summed E-state index contributed by atoms with van der Waals surface area (Å²) in [4.78, 5) is 12.6. The van der Waals surface area contributed by atoms with Gasteiger partial charge in [0.05, 0.1) is 18.2 Å². The number of carbonyl (C=O) groups excluding carboxylic acids is 1. The lowest BCUT2D eigenvalue weighted by Gasteiger charge is -2.19. The quantitative estimate of drug-likeness (QED) is 0.321. The van der Waals surface area contributed by atoms with E-state index in [-0.39, 0.29) is 12.0 Å². The maximum atomic E-state index is 12.6. The number of aromatic nitrogens is 1. The molecule has 0 fully saturated rings. The molecule has 1 unspecified atom stereocenters. The van der Waals surface area contributed by atoms with Crippen molar-refractivity contribution >= 4 is 16.9 Å². The van der Waals surface area contributed by atoms with Crippen LogP contribution >= 0.6 is 0 Å². The first-order chi connectivity index (χ1) is 14.2. The first-order valence-corrected chi connectivity index (χ1v) is 10.5. The molecule has 1 atom stereocenters. The van der Waals surface area contributed by atoms with Crippen LogP contribution in [0, 0.1) is 11.3 Å². The number of carbonyl (C=O) groups is 1. The van der Waals surface area contributed by atoms with E-state index >= 15 is 0 Å². The Bertz CT molecular complexity index is 1010. The number of nitriles is 1. The summed E-state index contributed by atoms with van der Waals surface area (Å²) in [5.41, 5.74) is 3.59. The van der Waals surface area contributed by atoms with E-state index in [2.05, 4.69) is 19.1 Å². The molecule has 29 heavy (non-hydrogen) atoms. The topological polar surface area (TPSA) is 55.0 Å². The van der Waals surface area contributed by atoms with Gasteiger partial charge in [0.25, 0.3) is 0 Å². The van der Waals surface area contributed by atoms with Gasteiger partial charge in [-0.3, -0.25) is 0 Å². The Labute approximate surface area is 172 Å². The van der Waals surface area contributed by atoms with E-state index in [0.717, 1.165) is 41.3 Å². The number of nitrogens with zero attached hydrogens (tertiary/aromatic N) is 2. The van der Waals surface area contributed by atoms with Crippen molar-refractivity contribution in [2.45, 2.75) is 52.0 Å². The molecular formula is C25H28N2O2. The lowest BCUT2D eigenvalue weighted by atomic mass is 9.99. The fourth-order valence-electron chi connectivity index (χ4n) is 3.81. The van der Waals surface area contributed by atoms with Gasteiger partial charge >= 0.3 is 5.97 Å². The summed E-state index contributed by atoms with van der Waals surface area (Å²) in [5.74, 6) is -0.166. The van der Waals surface area contributed by atoms with Crippen molar-refractivity contribution in [2.24, 2.45) is 0 Å². The molecule has 0 aliphatic rings. The Morgan fingerprint density at radius 3 is 2.69 bits per heavy atom. The van der Waals surface area contributed by atoms with Gasteiger partial charge in [-0.05, 0) is 48.7 Å². The molecule has 0 radical (unpaired) electrons. The Hall–Kier alpha value is -3.06. The minimum atomic E-state index is -0.304. The monoisotopic (exact) mass is 388 g/mol. The standard InChI is InChI=1S/C25H28N2O2/c1-3-5-6-7-12-24(25(28)29-4-2)27-16-15-20-17-19(13-14-23(20)27)22-11-9-8-10-21(22)18-26/h8-11,13-17,24H,3-7,12H2,1-2H3. The van der Waals surface area contributed by atoms with E-state index in [1.165, 1.54) is 12.8 Å². The molecule has 3 rings (SSSR count). The Morgan fingerprint density at radius 2 is 1.93 bits per heavy atom. The molecule has 0 aliphatic heterocycles. The van der Waals surface area contributed by atoms with Gasteiger partial charge in [0.1, 0.15) is 6.04 Å². The van der Waals surface area contributed by atoms with Crippen LogP contribution in [0.2, 0.25) is 0 Å². The maximum absolute atomic E-state index is 12.6. The number of benzene rings is 2. The normalized spacial score (nSPS) is 11.9. The van der Waals surface area contributed by atoms with Crippen LogP contribution in [0.25, 0.3) is 22.0 Å². The van der Waals surface area contributed by atoms with Gasteiger partial charge in [0.2, 0.25) is 0 Å². The second-order valence-electron chi connectivity index (χ2n) is 7.27. The summed E-state index contributed by atoms with van der Waals surface area (Å²) in [6, 6.07) is 17.7. The van der Waals surface area contributed by atoms with Crippen molar-refractivity contribution in [1.29, 1.82) is 5.26 Å². The predicted molar refractivity (Wildman–Crippen MR) is 117 cm³/mol. The average Bonchev–Trinajstić information content (AvgIpc) is 3.16. The van der Waals surface area contributed by atoms with Gasteiger partial charge in [-0.2, -0.15) is 5.26 Å². The molecule has 3 aromatic rings. The van der Waals surface area contributed by atoms with Crippen LogP contribution in [-0.4, -0.2) is 17.1 Å². The Morgan fingerprint density at radius 1 is 1.10 bits per heavy atom. The third kappa shape index (κ3) is 4.68. The molecule has 150 valence electrons. The van der Waals surface area contributed by atoms with Crippen LogP contribution < -0.4 is 0 Å². The van der Waals surface area contributed by atoms with Crippen molar-refractivity contribution in [3.8, 4) is 17.2 Å². The number of hydrogen-bond donors (Lipinski definition) is 0. The predicted octanol–water partition coefficient (Wildman–Crippen LogP) is 6.25. The van der Waals surface area contributed by atoms with Crippen LogP contribution in [0.3, 0.4) is 0 Å². The molecule has 0 saturated heterocycles. The number of rotatable bonds is 9. The lowest BCUT2D eigenvalue weighted by Crippen LogP contribution is -2.21. The van der Waals surface area contributed by atoms with Crippen LogP contribution in [-0.2, 0) is 9.53 Å². The second-order valence-corrected chi connectivity index (χ2v) is 7.27. The molecule has 0 aliphatic carbocycles. The summed E-state index contributed by atoms with van der Waals surface area (Å²) in [6.45, 7) is 4.42. The summed E-state index contributed by atoms with van der Waals surface area (Å²) >= 11 is 0. The van der Waals surface area contributed by atoms with E-state index in [1.807, 2.05) is 60.2 Å². The smallest absolute Gasteiger partial charge is 0.329 e. The Balaban J connectivity index is 1.94. The zero-order valence-corrected chi connectivity index (χ0v) is 17.2. The SMILES string of the molecule is CCCCCCC(C(=O)OCC)n1ccc2cc(-c3ccccc3C#N)ccc21. The molecule has 2 aromatic carbocycles. The summed E-state index contributed by atoms with van der Waals surface area (Å²) in [7, 11) is 0. The highest BCUT2D eigenvalue weighted by atomic mass is 16.5. The van der Waals surface area contributed by atoms with E-state index in [4.69, 9.17) is 4.74 Å². The molecule has 1 aromatic heterocycles. The van der Waals surface area contributed by atoms with Gasteiger partial charge < -0.3 is 9.30 Å². The largest absolute Gasteiger partial charge is 0.464 e. The molecule has 0 spiro atoms. The zero-order chi connectivity index (χ0) is 20.6. The number of esters is 1. The minimum Gasteiger partial charge on any atom is -0.464 e. The Kier molecular flexibility index (Phi) is 7.08. The molecule has 0 amide bonds. The van der Waals surface area contributed by atoms with Crippen molar-refractivity contribution in [3.63, 3.8) is 0 Å². The van der Waals surface area contributed by atoms with Crippen LogP contribution in [0.4, 0.5) is 0 Å². The van der Waals surface area contributed by atoms with Crippen LogP contribution in [0.5, 0.6) is 0 Å². The average molecular weight is 389 g/mol. The van der Waals surface area contributed by atoms with E-state index in [1.54, 1.807) is 0 Å². The highest BCUT2D eigenvalue weighted by Gasteiger charge is 2.22. The van der Waals surface area contributed by atoms with Gasteiger partial charge in [-0.15, -0.1) is 0 Å². The van der Waals surface area contributed by atoms with Gasteiger partial charge in [-0.25, -0.2) is 4.79 Å². The van der Waals surface area contributed by atoms with Crippen molar-refractivity contribution in [1.82, 2.24) is 4.57 Å². The lowest BCUT2D eigenvalue weighted by molar-refractivity contribution is -0.147. The molecule has 4 nitrogen and oxygen atoms in total. The van der Waals surface area contributed by atoms with Crippen molar-refractivity contribution < 1.29 is 9.53 Å². The first-order valence-electron chi connectivity index (χ1n) is 10.5. The first kappa shape index (κ1) is 20.7. The summed E-state index contributed by atoms with van der Waals surface area (Å²) in [5, 5.41) is 10.5. The third-order valence-electron chi connectivity index (χ3n) is 5.30. The number of hydrogen-bond acceptors (Lipinski definition) is 3. The molecule has 0 bridgehead atoms. The van der Waals surface area contributed by atoms with E-state index < -0.39 is 0 Å². The third-order valence-corrected chi connectivity index (χ3v) is 5.30. The molecule has 4 heteroatoms. The van der Waals surface area contributed by atoms with Crippen LogP contribution in [0.1, 0.15) is 57.6 Å². The summed E-state index contributed by atoms with van der Waals surface area (Å²) < 4.78 is 7.40. The highest BCUT2D eigenvalue weighted by Crippen LogP contribution is 2.30. The number of ether oxygens (including phenoxy) is 1. The molecule has 0 saturated carbocycles. The fraction of sp³-hybridized carbons (Fsp3) is 0.360. The van der Waals surface area contributed by atoms with E-state index in [9.17, 15) is 10.1 Å². The molecule has 0 N–H and O–H groups in total. The number of fused-ring (bicyclic) bond motifs is 1. The maximum Gasteiger partial charge on any atom is 0.329 e. The van der Waals surface area contributed by atoms with E-state index in [0.29, 0.717) is 12.2 Å². The molecular weight excluding hydrogens is 360 g/mol. The van der Waals surface area contributed by atoms with Crippen LogP contribution in [0.15, 0.2) is 54.7 Å². The molecule has 1 heterocycles. The van der Waals surface area contributed by atoms with Crippen molar-refractivity contribution in [2.75, 3.05) is 6.61 Å². The zero-order valence-electron chi connectivity index (χ0n) is 17.2. The summed E-state index contributed by atoms with van der Waals surface area (Å²) in [6.07, 6.45) is 7.24. The second kappa shape index (κ2) is 9.93. The van der Waals surface area contributed by atoms with Gasteiger partial charge in [-0.1, -0.05) is 56.9 Å². The highest BCUT2D eigenvalue weighted by molar-refractivity contribution is 5.88. The fourth-order valence-corrected chi connectivity index (χ4v) is 3.81. The minimum absolute atomic E-state index is 0.166. The van der Waals surface area contributed by atoms with Crippen molar-refractivity contribution in [3.05, 3.63) is 60.3 Å².